The van der Waals surface area contributed by atoms with Crippen LogP contribution in [0.5, 0.6) is 5.75 Å². The summed E-state index contributed by atoms with van der Waals surface area (Å²) in [6.07, 6.45) is 0.443. The Morgan fingerprint density at radius 3 is 2.30 bits per heavy atom. The van der Waals surface area contributed by atoms with Gasteiger partial charge in [0.05, 0.1) is 16.9 Å². The van der Waals surface area contributed by atoms with Gasteiger partial charge in [0, 0.05) is 5.56 Å². The van der Waals surface area contributed by atoms with E-state index in [0.29, 0.717) is 12.0 Å². The van der Waals surface area contributed by atoms with Crippen molar-refractivity contribution in [1.82, 2.24) is 0 Å². The topological polar surface area (TPSA) is 60.4 Å². The van der Waals surface area contributed by atoms with Gasteiger partial charge < -0.3 is 4.74 Å². The lowest BCUT2D eigenvalue weighted by Crippen LogP contribution is -2.06. The Balaban J connectivity index is 2.60. The number of hydrogen-bond acceptors (Lipinski definition) is 4. The molecule has 20 heavy (non-hydrogen) atoms. The lowest BCUT2D eigenvalue weighted by atomic mass is 10.2. The Bertz CT molecular complexity index is 736. The molecule has 0 radical (unpaired) electrons. The zero-order valence-corrected chi connectivity index (χ0v) is 11.4. The van der Waals surface area contributed by atoms with E-state index in [-0.39, 0.29) is 15.4 Å². The van der Waals surface area contributed by atoms with Crippen LogP contribution in [0.15, 0.2) is 52.3 Å². The highest BCUT2D eigenvalue weighted by Crippen LogP contribution is 2.26. The monoisotopic (exact) mass is 294 g/mol. The van der Waals surface area contributed by atoms with Crippen molar-refractivity contribution in [1.29, 1.82) is 0 Å². The Kier molecular flexibility index (Phi) is 3.85. The fourth-order valence-corrected chi connectivity index (χ4v) is 3.14. The number of sulfone groups is 1. The van der Waals surface area contributed by atoms with E-state index in [4.69, 9.17) is 4.74 Å². The Morgan fingerprint density at radius 1 is 1.10 bits per heavy atom. The van der Waals surface area contributed by atoms with Crippen LogP contribution in [-0.4, -0.2) is 21.8 Å². The molecule has 2 rings (SSSR count). The Morgan fingerprint density at radius 2 is 1.75 bits per heavy atom. The van der Waals surface area contributed by atoms with Gasteiger partial charge in [-0.25, -0.2) is 12.8 Å². The van der Waals surface area contributed by atoms with Gasteiger partial charge in [0.25, 0.3) is 0 Å². The van der Waals surface area contributed by atoms with Crippen molar-refractivity contribution in [2.24, 2.45) is 0 Å². The SMILES string of the molecule is COc1ccc(S(=O)(=O)c2ccc(F)cc2)c(C=O)c1. The van der Waals surface area contributed by atoms with Gasteiger partial charge in [0.1, 0.15) is 11.6 Å². The summed E-state index contributed by atoms with van der Waals surface area (Å²) in [4.78, 5) is 10.8. The zero-order valence-electron chi connectivity index (χ0n) is 10.5. The summed E-state index contributed by atoms with van der Waals surface area (Å²) in [6.45, 7) is 0. The number of hydrogen-bond donors (Lipinski definition) is 0. The summed E-state index contributed by atoms with van der Waals surface area (Å²) in [5, 5.41) is 0. The molecule has 0 aliphatic rings. The summed E-state index contributed by atoms with van der Waals surface area (Å²) < 4.78 is 42.6. The Labute approximate surface area is 115 Å². The van der Waals surface area contributed by atoms with Gasteiger partial charge in [0.2, 0.25) is 9.84 Å². The smallest absolute Gasteiger partial charge is 0.207 e. The van der Waals surface area contributed by atoms with Crippen molar-refractivity contribution in [2.45, 2.75) is 9.79 Å². The summed E-state index contributed by atoms with van der Waals surface area (Å²) in [5.41, 5.74) is -0.00586. The molecule has 4 nitrogen and oxygen atoms in total. The molecule has 104 valence electrons. The highest BCUT2D eigenvalue weighted by atomic mass is 32.2. The fraction of sp³-hybridized carbons (Fsp3) is 0.0714. The van der Waals surface area contributed by atoms with Crippen molar-refractivity contribution in [3.05, 3.63) is 53.8 Å². The van der Waals surface area contributed by atoms with Gasteiger partial charge in [0.15, 0.2) is 6.29 Å². The number of methoxy groups -OCH3 is 1. The first-order valence-electron chi connectivity index (χ1n) is 5.63. The van der Waals surface area contributed by atoms with Crippen molar-refractivity contribution >= 4 is 16.1 Å². The molecule has 0 N–H and O–H groups in total. The predicted molar refractivity (Wildman–Crippen MR) is 70.2 cm³/mol. The molecule has 2 aromatic carbocycles. The third-order valence-electron chi connectivity index (χ3n) is 2.76. The minimum atomic E-state index is -3.88. The molecule has 2 aromatic rings. The molecule has 0 atom stereocenters. The third kappa shape index (κ3) is 2.55. The molecule has 0 spiro atoms. The van der Waals surface area contributed by atoms with Gasteiger partial charge in [-0.05, 0) is 42.5 Å². The standard InChI is InChI=1S/C14H11FO4S/c1-19-12-4-7-14(10(8-12)9-16)20(17,18)13-5-2-11(15)3-6-13/h2-9H,1H3. The first-order chi connectivity index (χ1) is 9.48. The maximum atomic E-state index is 12.9. The Hall–Kier alpha value is -2.21. The van der Waals surface area contributed by atoms with E-state index in [1.807, 2.05) is 0 Å². The molecule has 0 saturated heterocycles. The molecule has 0 unspecified atom stereocenters. The molecule has 0 heterocycles. The molecular weight excluding hydrogens is 283 g/mol. The number of rotatable bonds is 4. The van der Waals surface area contributed by atoms with Crippen molar-refractivity contribution in [2.75, 3.05) is 7.11 Å². The predicted octanol–water partition coefficient (Wildman–Crippen LogP) is 2.48. The zero-order chi connectivity index (χ0) is 14.8. The maximum absolute atomic E-state index is 12.9. The number of carbonyl (C=O) groups is 1. The quantitative estimate of drug-likeness (QED) is 0.642. The van der Waals surface area contributed by atoms with Gasteiger partial charge in [-0.3, -0.25) is 4.79 Å². The highest BCUT2D eigenvalue weighted by molar-refractivity contribution is 7.91. The molecule has 0 saturated carbocycles. The van der Waals surface area contributed by atoms with Crippen molar-refractivity contribution < 1.29 is 22.3 Å². The molecule has 6 heteroatoms. The van der Waals surface area contributed by atoms with Crippen LogP contribution in [0.4, 0.5) is 4.39 Å². The molecule has 0 aliphatic carbocycles. The van der Waals surface area contributed by atoms with Crippen molar-refractivity contribution in [3.8, 4) is 5.75 Å². The summed E-state index contributed by atoms with van der Waals surface area (Å²) in [6, 6.07) is 8.50. The van der Waals surface area contributed by atoms with E-state index in [2.05, 4.69) is 0 Å². The van der Waals surface area contributed by atoms with Crippen LogP contribution < -0.4 is 4.74 Å². The van der Waals surface area contributed by atoms with Gasteiger partial charge in [-0.15, -0.1) is 0 Å². The van der Waals surface area contributed by atoms with Gasteiger partial charge in [-0.1, -0.05) is 0 Å². The number of ether oxygens (including phenoxy) is 1. The van der Waals surface area contributed by atoms with Crippen LogP contribution in [0.3, 0.4) is 0 Å². The highest BCUT2D eigenvalue weighted by Gasteiger charge is 2.21. The normalized spacial score (nSPS) is 11.1. The van der Waals surface area contributed by atoms with Crippen molar-refractivity contribution in [3.63, 3.8) is 0 Å². The van der Waals surface area contributed by atoms with E-state index in [0.717, 1.165) is 24.3 Å². The van der Waals surface area contributed by atoms with Crippen LogP contribution >= 0.6 is 0 Å². The molecule has 0 bridgehead atoms. The van der Waals surface area contributed by atoms with Gasteiger partial charge >= 0.3 is 0 Å². The molecule has 0 aliphatic heterocycles. The lowest BCUT2D eigenvalue weighted by Gasteiger charge is -2.08. The summed E-state index contributed by atoms with van der Waals surface area (Å²) in [7, 11) is -2.46. The molecule has 0 aromatic heterocycles. The second kappa shape index (κ2) is 5.42. The molecule has 0 fully saturated rings. The van der Waals surface area contributed by atoms with E-state index in [1.54, 1.807) is 0 Å². The van der Waals surface area contributed by atoms with E-state index >= 15 is 0 Å². The van der Waals surface area contributed by atoms with Gasteiger partial charge in [-0.2, -0.15) is 0 Å². The number of halogens is 1. The minimum Gasteiger partial charge on any atom is -0.497 e. The van der Waals surface area contributed by atoms with Crippen LogP contribution in [0.1, 0.15) is 10.4 Å². The molecular formula is C14H11FO4S. The van der Waals surface area contributed by atoms with Crippen LogP contribution in [-0.2, 0) is 9.84 Å². The largest absolute Gasteiger partial charge is 0.497 e. The number of carbonyl (C=O) groups excluding carboxylic acids is 1. The van der Waals surface area contributed by atoms with Crippen LogP contribution in [0, 0.1) is 5.82 Å². The van der Waals surface area contributed by atoms with E-state index < -0.39 is 15.7 Å². The summed E-state index contributed by atoms with van der Waals surface area (Å²) >= 11 is 0. The first kappa shape index (κ1) is 14.2. The van der Waals surface area contributed by atoms with Crippen LogP contribution in [0.2, 0.25) is 0 Å². The summed E-state index contributed by atoms with van der Waals surface area (Å²) in [5.74, 6) is -0.153. The average molecular weight is 294 g/mol. The third-order valence-corrected chi connectivity index (χ3v) is 4.60. The first-order valence-corrected chi connectivity index (χ1v) is 7.11. The molecule has 0 amide bonds. The lowest BCUT2D eigenvalue weighted by molar-refractivity contribution is 0.112. The van der Waals surface area contributed by atoms with E-state index in [9.17, 15) is 17.6 Å². The maximum Gasteiger partial charge on any atom is 0.207 e. The fourth-order valence-electron chi connectivity index (χ4n) is 1.73. The van der Waals surface area contributed by atoms with Crippen LogP contribution in [0.25, 0.3) is 0 Å². The van der Waals surface area contributed by atoms with E-state index in [1.165, 1.54) is 25.3 Å². The second-order valence-electron chi connectivity index (χ2n) is 3.98. The second-order valence-corrected chi connectivity index (χ2v) is 5.90. The number of aldehydes is 1. The minimum absolute atomic E-state index is 0.00586. The number of benzene rings is 2. The average Bonchev–Trinajstić information content (AvgIpc) is 2.46.